The Morgan fingerprint density at radius 1 is 1.47 bits per heavy atom. The molecule has 0 saturated heterocycles. The van der Waals surface area contributed by atoms with Gasteiger partial charge < -0.3 is 9.08 Å². The second-order valence-electron chi connectivity index (χ2n) is 4.78. The molecule has 0 bridgehead atoms. The molecule has 6 heteroatoms. The zero-order valence-corrected chi connectivity index (χ0v) is 10.9. The standard InChI is InChI=1S/C11H19N3O2S/c1-8-2-4-9(5-3-8)14-7-6-13-10(14)11(15)16-17-12/h8-9H,2-7,12H2,1H3. The fraction of sp³-hybridized carbons (Fsp3) is 0.818. The molecule has 1 saturated carbocycles. The van der Waals surface area contributed by atoms with Crippen molar-refractivity contribution in [2.75, 3.05) is 13.1 Å². The summed E-state index contributed by atoms with van der Waals surface area (Å²) >= 11 is 0.589. The average Bonchev–Trinajstić information content (AvgIpc) is 2.79. The number of nitrogens with zero attached hydrogens (tertiary/aromatic N) is 2. The van der Waals surface area contributed by atoms with Crippen LogP contribution in [-0.4, -0.2) is 35.8 Å². The largest absolute Gasteiger partial charge is 0.387 e. The van der Waals surface area contributed by atoms with Crippen LogP contribution in [-0.2, 0) is 8.98 Å². The van der Waals surface area contributed by atoms with E-state index in [0.717, 1.165) is 25.3 Å². The van der Waals surface area contributed by atoms with E-state index < -0.39 is 5.97 Å². The van der Waals surface area contributed by atoms with E-state index in [9.17, 15) is 4.79 Å². The summed E-state index contributed by atoms with van der Waals surface area (Å²) in [7, 11) is 0. The lowest BCUT2D eigenvalue weighted by Gasteiger charge is -2.34. The summed E-state index contributed by atoms with van der Waals surface area (Å²) in [5, 5.41) is 5.14. The van der Waals surface area contributed by atoms with Crippen LogP contribution in [0, 0.1) is 5.92 Å². The molecule has 2 N–H and O–H groups in total. The highest BCUT2D eigenvalue weighted by molar-refractivity contribution is 7.92. The van der Waals surface area contributed by atoms with Gasteiger partial charge in [0.15, 0.2) is 0 Å². The van der Waals surface area contributed by atoms with E-state index in [2.05, 4.69) is 16.8 Å². The molecule has 0 unspecified atom stereocenters. The third-order valence-electron chi connectivity index (χ3n) is 3.61. The van der Waals surface area contributed by atoms with Gasteiger partial charge in [0, 0.05) is 12.6 Å². The number of carbonyl (C=O) groups excluding carboxylic acids is 1. The van der Waals surface area contributed by atoms with Crippen LogP contribution in [0.15, 0.2) is 4.99 Å². The fourth-order valence-electron chi connectivity index (χ4n) is 2.63. The highest BCUT2D eigenvalue weighted by Gasteiger charge is 2.32. The molecule has 0 atom stereocenters. The van der Waals surface area contributed by atoms with Crippen molar-refractivity contribution in [2.24, 2.45) is 16.0 Å². The van der Waals surface area contributed by atoms with Gasteiger partial charge in [0.25, 0.3) is 0 Å². The van der Waals surface area contributed by atoms with Gasteiger partial charge in [-0.1, -0.05) is 6.92 Å². The first-order chi connectivity index (χ1) is 8.22. The van der Waals surface area contributed by atoms with Crippen molar-refractivity contribution in [3.8, 4) is 0 Å². The van der Waals surface area contributed by atoms with Gasteiger partial charge in [-0.15, -0.1) is 0 Å². The van der Waals surface area contributed by atoms with E-state index in [-0.39, 0.29) is 0 Å². The van der Waals surface area contributed by atoms with Crippen LogP contribution in [0.25, 0.3) is 0 Å². The first-order valence-corrected chi connectivity index (χ1v) is 6.91. The molecule has 0 spiro atoms. The van der Waals surface area contributed by atoms with E-state index in [4.69, 9.17) is 9.32 Å². The van der Waals surface area contributed by atoms with Gasteiger partial charge in [0.2, 0.25) is 5.84 Å². The molecule has 0 amide bonds. The van der Waals surface area contributed by atoms with E-state index in [1.807, 2.05) is 0 Å². The van der Waals surface area contributed by atoms with Gasteiger partial charge in [0.1, 0.15) is 12.2 Å². The smallest absolute Gasteiger partial charge is 0.369 e. The van der Waals surface area contributed by atoms with Crippen molar-refractivity contribution >= 4 is 24.0 Å². The molecule has 0 radical (unpaired) electrons. The molecule has 0 aromatic rings. The number of carbonyl (C=O) groups is 1. The minimum atomic E-state index is -0.409. The monoisotopic (exact) mass is 257 g/mol. The Bertz CT molecular complexity index is 314. The lowest BCUT2D eigenvalue weighted by Crippen LogP contribution is -2.43. The zero-order chi connectivity index (χ0) is 12.3. The van der Waals surface area contributed by atoms with Crippen molar-refractivity contribution in [3.63, 3.8) is 0 Å². The number of hydrogen-bond donors (Lipinski definition) is 1. The summed E-state index contributed by atoms with van der Waals surface area (Å²) in [5.74, 6) is 0.858. The fourth-order valence-corrected chi connectivity index (χ4v) is 2.79. The van der Waals surface area contributed by atoms with Crippen LogP contribution < -0.4 is 5.14 Å². The molecule has 2 aliphatic rings. The summed E-state index contributed by atoms with van der Waals surface area (Å²) in [6.45, 7) is 3.80. The number of aliphatic imine (C=N–C) groups is 1. The van der Waals surface area contributed by atoms with Crippen molar-refractivity contribution in [2.45, 2.75) is 38.6 Å². The Kier molecular flexibility index (Phi) is 4.28. The predicted molar refractivity (Wildman–Crippen MR) is 68.3 cm³/mol. The molecule has 2 rings (SSSR count). The predicted octanol–water partition coefficient (Wildman–Crippen LogP) is 1.34. The summed E-state index contributed by atoms with van der Waals surface area (Å²) in [5.41, 5.74) is 0. The average molecular weight is 257 g/mol. The normalized spacial score (nSPS) is 29.1. The lowest BCUT2D eigenvalue weighted by molar-refractivity contribution is -0.126. The maximum atomic E-state index is 11.7. The maximum Gasteiger partial charge on any atom is 0.387 e. The summed E-state index contributed by atoms with van der Waals surface area (Å²) < 4.78 is 4.75. The molecule has 0 aromatic heterocycles. The molecule has 1 aliphatic carbocycles. The molecule has 0 aromatic carbocycles. The van der Waals surface area contributed by atoms with Crippen LogP contribution in [0.5, 0.6) is 0 Å². The van der Waals surface area contributed by atoms with Crippen LogP contribution in [0.3, 0.4) is 0 Å². The summed E-state index contributed by atoms with van der Waals surface area (Å²) in [6.07, 6.45) is 4.75. The third kappa shape index (κ3) is 2.93. The van der Waals surface area contributed by atoms with Crippen molar-refractivity contribution < 1.29 is 8.98 Å². The zero-order valence-electron chi connectivity index (χ0n) is 10.1. The number of hydrogen-bond acceptors (Lipinski definition) is 6. The Balaban J connectivity index is 1.96. The molecule has 1 heterocycles. The highest BCUT2D eigenvalue weighted by Crippen LogP contribution is 2.28. The van der Waals surface area contributed by atoms with E-state index in [0.29, 0.717) is 30.7 Å². The van der Waals surface area contributed by atoms with Gasteiger partial charge in [-0.25, -0.2) is 9.93 Å². The third-order valence-corrected chi connectivity index (χ3v) is 3.85. The topological polar surface area (TPSA) is 67.9 Å². The van der Waals surface area contributed by atoms with Gasteiger partial charge in [-0.3, -0.25) is 4.99 Å². The first-order valence-electron chi connectivity index (χ1n) is 6.11. The van der Waals surface area contributed by atoms with Crippen molar-refractivity contribution in [1.29, 1.82) is 0 Å². The Labute approximate surface area is 106 Å². The van der Waals surface area contributed by atoms with Crippen molar-refractivity contribution in [1.82, 2.24) is 4.90 Å². The first kappa shape index (κ1) is 12.7. The Morgan fingerprint density at radius 2 is 2.18 bits per heavy atom. The lowest BCUT2D eigenvalue weighted by atomic mass is 9.86. The number of rotatable bonds is 3. The van der Waals surface area contributed by atoms with E-state index >= 15 is 0 Å². The molecule has 1 fully saturated rings. The van der Waals surface area contributed by atoms with E-state index in [1.165, 1.54) is 12.8 Å². The molecule has 17 heavy (non-hydrogen) atoms. The van der Waals surface area contributed by atoms with Crippen LogP contribution >= 0.6 is 12.2 Å². The van der Waals surface area contributed by atoms with Gasteiger partial charge >= 0.3 is 5.97 Å². The van der Waals surface area contributed by atoms with Gasteiger partial charge in [-0.05, 0) is 31.6 Å². The minimum Gasteiger partial charge on any atom is -0.369 e. The van der Waals surface area contributed by atoms with Crippen LogP contribution in [0.2, 0.25) is 0 Å². The summed E-state index contributed by atoms with van der Waals surface area (Å²) in [6, 6.07) is 0.447. The highest BCUT2D eigenvalue weighted by atomic mass is 32.2. The van der Waals surface area contributed by atoms with Gasteiger partial charge in [-0.2, -0.15) is 0 Å². The summed E-state index contributed by atoms with van der Waals surface area (Å²) in [4.78, 5) is 18.0. The second kappa shape index (κ2) is 5.73. The van der Waals surface area contributed by atoms with E-state index in [1.54, 1.807) is 0 Å². The molecular weight excluding hydrogens is 238 g/mol. The number of amidine groups is 1. The second-order valence-corrected chi connectivity index (χ2v) is 5.14. The SMILES string of the molecule is CC1CCC(N2CCN=C2C(=O)OSN)CC1. The van der Waals surface area contributed by atoms with Gasteiger partial charge in [0.05, 0.1) is 6.54 Å². The Morgan fingerprint density at radius 3 is 2.82 bits per heavy atom. The molecule has 96 valence electrons. The molecule has 1 aliphatic heterocycles. The van der Waals surface area contributed by atoms with Crippen molar-refractivity contribution in [3.05, 3.63) is 0 Å². The molecule has 5 nitrogen and oxygen atoms in total. The quantitative estimate of drug-likeness (QED) is 0.610. The minimum absolute atomic E-state index is 0.409. The van der Waals surface area contributed by atoms with Crippen LogP contribution in [0.1, 0.15) is 32.6 Å². The number of nitrogens with two attached hydrogens (primary N) is 1. The van der Waals surface area contributed by atoms with Crippen LogP contribution in [0.4, 0.5) is 0 Å². The maximum absolute atomic E-state index is 11.7. The molecular formula is C11H19N3O2S. The Hall–Kier alpha value is -0.750.